The highest BCUT2D eigenvalue weighted by atomic mass is 16.6. The van der Waals surface area contributed by atoms with E-state index in [0.717, 1.165) is 0 Å². The van der Waals surface area contributed by atoms with Crippen LogP contribution >= 0.6 is 0 Å². The van der Waals surface area contributed by atoms with Gasteiger partial charge in [-0.25, -0.2) is 9.59 Å². The lowest BCUT2D eigenvalue weighted by Gasteiger charge is -2.40. The predicted octanol–water partition coefficient (Wildman–Crippen LogP) is -1.92. The smallest absolute Gasteiger partial charge is 0.409 e. The summed E-state index contributed by atoms with van der Waals surface area (Å²) in [6, 6.07) is -1.88. The number of aliphatic hydroxyl groups excluding tert-OH is 1. The summed E-state index contributed by atoms with van der Waals surface area (Å²) in [6.07, 6.45) is -1.82. The summed E-state index contributed by atoms with van der Waals surface area (Å²) in [5.41, 5.74) is -1.61. The first-order valence-electron chi connectivity index (χ1n) is 7.90. The summed E-state index contributed by atoms with van der Waals surface area (Å²) in [6.45, 7) is 5.48. The van der Waals surface area contributed by atoms with E-state index in [9.17, 15) is 24.6 Å². The number of β-amino-alcohol motifs (C(OH)–C–C–N with tert-alkyl or cyclic N) is 1. The average Bonchev–Trinajstić information content (AvgIpc) is 2.85. The van der Waals surface area contributed by atoms with Crippen LogP contribution in [0.15, 0.2) is 0 Å². The third-order valence-electron chi connectivity index (χ3n) is 4.20. The third-order valence-corrected chi connectivity index (χ3v) is 4.20. The van der Waals surface area contributed by atoms with Crippen LogP contribution in [0.3, 0.4) is 0 Å². The van der Waals surface area contributed by atoms with Crippen molar-refractivity contribution in [2.45, 2.75) is 31.6 Å². The molecule has 2 rings (SSSR count). The van der Waals surface area contributed by atoms with Gasteiger partial charge in [-0.15, -0.1) is 0 Å². The van der Waals surface area contributed by atoms with Crippen molar-refractivity contribution in [2.75, 3.05) is 39.3 Å². The topological polar surface area (TPSA) is 131 Å². The van der Waals surface area contributed by atoms with Gasteiger partial charge in [0.15, 0.2) is 0 Å². The van der Waals surface area contributed by atoms with Crippen LogP contribution in [-0.4, -0.2) is 95.1 Å². The van der Waals surface area contributed by atoms with Crippen LogP contribution in [0.2, 0.25) is 0 Å². The van der Waals surface area contributed by atoms with Crippen molar-refractivity contribution < 1.29 is 29.3 Å². The van der Waals surface area contributed by atoms with Crippen molar-refractivity contribution in [3.05, 3.63) is 0 Å². The summed E-state index contributed by atoms with van der Waals surface area (Å²) < 4.78 is 4.94. The SMILES string of the molecule is CCOC(=O)N1CCN(C[C@](C)(O)[C@H](O)C2NC(=O)NC2=O)CC1. The Bertz CT molecular complexity index is 503. The molecule has 2 heterocycles. The van der Waals surface area contributed by atoms with Gasteiger partial charge in [-0.1, -0.05) is 0 Å². The first kappa shape index (κ1) is 18.4. The number of urea groups is 1. The second-order valence-electron chi connectivity index (χ2n) is 6.20. The van der Waals surface area contributed by atoms with Crippen LogP contribution < -0.4 is 10.6 Å². The van der Waals surface area contributed by atoms with E-state index < -0.39 is 29.7 Å². The lowest BCUT2D eigenvalue weighted by molar-refractivity contribution is -0.132. The van der Waals surface area contributed by atoms with Gasteiger partial charge in [-0.3, -0.25) is 15.0 Å². The molecule has 10 nitrogen and oxygen atoms in total. The van der Waals surface area contributed by atoms with Crippen LogP contribution in [0.1, 0.15) is 13.8 Å². The standard InChI is InChI=1S/C14H24N4O6/c1-3-24-13(22)18-6-4-17(5-7-18)8-14(2,23)10(19)9-11(20)16-12(21)15-9/h9-10,19,23H,3-8H2,1-2H3,(H2,15,16,20,21)/t9?,10-,14+/m1/s1. The maximum Gasteiger partial charge on any atom is 0.409 e. The molecule has 0 aliphatic carbocycles. The Hall–Kier alpha value is -1.91. The molecule has 0 aromatic carbocycles. The predicted molar refractivity (Wildman–Crippen MR) is 82.1 cm³/mol. The molecular formula is C14H24N4O6. The molecule has 0 aromatic heterocycles. The molecule has 2 aliphatic heterocycles. The van der Waals surface area contributed by atoms with Crippen LogP contribution in [0.25, 0.3) is 0 Å². The fraction of sp³-hybridized carbons (Fsp3) is 0.786. The first-order chi connectivity index (χ1) is 11.2. The third kappa shape index (κ3) is 4.13. The van der Waals surface area contributed by atoms with Crippen molar-refractivity contribution in [1.82, 2.24) is 20.4 Å². The highest BCUT2D eigenvalue weighted by Crippen LogP contribution is 2.18. The second kappa shape index (κ2) is 7.32. The normalized spacial score (nSPS) is 25.7. The van der Waals surface area contributed by atoms with Crippen LogP contribution in [0, 0.1) is 0 Å². The zero-order valence-corrected chi connectivity index (χ0v) is 13.8. The van der Waals surface area contributed by atoms with Crippen molar-refractivity contribution >= 4 is 18.0 Å². The molecule has 0 spiro atoms. The Labute approximate surface area is 139 Å². The van der Waals surface area contributed by atoms with E-state index in [4.69, 9.17) is 4.74 Å². The number of aliphatic hydroxyl groups is 2. The van der Waals surface area contributed by atoms with E-state index in [1.807, 2.05) is 10.2 Å². The largest absolute Gasteiger partial charge is 0.450 e. The highest BCUT2D eigenvalue weighted by molar-refractivity contribution is 6.04. The van der Waals surface area contributed by atoms with Crippen LogP contribution in [-0.2, 0) is 9.53 Å². The fourth-order valence-corrected chi connectivity index (χ4v) is 2.86. The molecule has 4 N–H and O–H groups in total. The number of hydrogen-bond donors (Lipinski definition) is 4. The molecule has 3 atom stereocenters. The molecule has 1 unspecified atom stereocenters. The molecule has 0 aromatic rings. The van der Waals surface area contributed by atoms with Gasteiger partial charge in [0, 0.05) is 32.7 Å². The van der Waals surface area contributed by atoms with Gasteiger partial charge < -0.3 is 25.2 Å². The number of carbonyl (C=O) groups is 3. The minimum Gasteiger partial charge on any atom is -0.450 e. The molecule has 136 valence electrons. The number of nitrogens with zero attached hydrogens (tertiary/aromatic N) is 2. The summed E-state index contributed by atoms with van der Waals surface area (Å²) in [7, 11) is 0. The number of imide groups is 1. The fourth-order valence-electron chi connectivity index (χ4n) is 2.86. The highest BCUT2D eigenvalue weighted by Gasteiger charge is 2.45. The Morgan fingerprint density at radius 3 is 2.50 bits per heavy atom. The molecule has 2 aliphatic rings. The van der Waals surface area contributed by atoms with E-state index in [1.165, 1.54) is 6.92 Å². The maximum absolute atomic E-state index is 11.7. The molecule has 0 bridgehead atoms. The Kier molecular flexibility index (Phi) is 5.62. The van der Waals surface area contributed by atoms with Crippen LogP contribution in [0.4, 0.5) is 9.59 Å². The molecule has 0 radical (unpaired) electrons. The monoisotopic (exact) mass is 344 g/mol. The number of rotatable bonds is 5. The van der Waals surface area contributed by atoms with Crippen molar-refractivity contribution in [1.29, 1.82) is 0 Å². The number of ether oxygens (including phenoxy) is 1. The van der Waals surface area contributed by atoms with Gasteiger partial charge in [0.05, 0.1) is 6.61 Å². The number of nitrogens with one attached hydrogen (secondary N) is 2. The second-order valence-corrected chi connectivity index (χ2v) is 6.20. The molecular weight excluding hydrogens is 320 g/mol. The van der Waals surface area contributed by atoms with Gasteiger partial charge >= 0.3 is 12.1 Å². The Balaban J connectivity index is 1.87. The van der Waals surface area contributed by atoms with Gasteiger partial charge in [-0.2, -0.15) is 0 Å². The van der Waals surface area contributed by atoms with Gasteiger partial charge in [0.2, 0.25) is 0 Å². The van der Waals surface area contributed by atoms with Gasteiger partial charge in [-0.05, 0) is 13.8 Å². The van der Waals surface area contributed by atoms with Crippen LogP contribution in [0.5, 0.6) is 0 Å². The minimum absolute atomic E-state index is 0.102. The first-order valence-corrected chi connectivity index (χ1v) is 7.90. The van der Waals surface area contributed by atoms with Crippen molar-refractivity contribution in [2.24, 2.45) is 0 Å². The molecule has 2 fully saturated rings. The number of piperazine rings is 1. The minimum atomic E-state index is -1.61. The Morgan fingerprint density at radius 2 is 2.00 bits per heavy atom. The van der Waals surface area contributed by atoms with E-state index in [1.54, 1.807) is 11.8 Å². The number of carbonyl (C=O) groups excluding carboxylic acids is 3. The molecule has 0 saturated carbocycles. The van der Waals surface area contributed by atoms with E-state index in [-0.39, 0.29) is 12.6 Å². The maximum atomic E-state index is 11.7. The van der Waals surface area contributed by atoms with E-state index in [0.29, 0.717) is 32.8 Å². The summed E-state index contributed by atoms with van der Waals surface area (Å²) in [4.78, 5) is 37.9. The lowest BCUT2D eigenvalue weighted by atomic mass is 9.92. The zero-order chi connectivity index (χ0) is 17.9. The number of amides is 4. The quantitative estimate of drug-likeness (QED) is 0.428. The van der Waals surface area contributed by atoms with Gasteiger partial charge in [0.1, 0.15) is 17.7 Å². The average molecular weight is 344 g/mol. The molecule has 4 amide bonds. The summed E-state index contributed by atoms with van der Waals surface area (Å²) in [5.74, 6) is -0.667. The molecule has 2 saturated heterocycles. The molecule has 10 heteroatoms. The van der Waals surface area contributed by atoms with Crippen molar-refractivity contribution in [3.63, 3.8) is 0 Å². The van der Waals surface area contributed by atoms with Crippen molar-refractivity contribution in [3.8, 4) is 0 Å². The summed E-state index contributed by atoms with van der Waals surface area (Å²) >= 11 is 0. The summed E-state index contributed by atoms with van der Waals surface area (Å²) in [5, 5.41) is 25.1. The van der Waals surface area contributed by atoms with E-state index >= 15 is 0 Å². The number of hydrogen-bond acceptors (Lipinski definition) is 7. The zero-order valence-electron chi connectivity index (χ0n) is 13.8. The Morgan fingerprint density at radius 1 is 1.38 bits per heavy atom. The molecule has 24 heavy (non-hydrogen) atoms. The van der Waals surface area contributed by atoms with E-state index in [2.05, 4.69) is 5.32 Å². The lowest BCUT2D eigenvalue weighted by Crippen LogP contribution is -2.60. The van der Waals surface area contributed by atoms with Gasteiger partial charge in [0.25, 0.3) is 5.91 Å².